The van der Waals surface area contributed by atoms with Crippen molar-refractivity contribution in [3.8, 4) is 0 Å². The normalized spacial score (nSPS) is 13.2. The summed E-state index contributed by atoms with van der Waals surface area (Å²) < 4.78 is 0. The number of nitrogens with one attached hydrogen (secondary N) is 1. The minimum Gasteiger partial charge on any atom is -0.393 e. The number of aliphatic hydroxyl groups excluding tert-OH is 1. The van der Waals surface area contributed by atoms with Crippen LogP contribution in [0.5, 0.6) is 0 Å². The Kier molecular flexibility index (Phi) is 6.38. The molecule has 1 atom stereocenters. The topological polar surface area (TPSA) is 49.3 Å². The van der Waals surface area contributed by atoms with E-state index in [1.54, 1.807) is 13.0 Å². The van der Waals surface area contributed by atoms with E-state index in [2.05, 4.69) is 5.32 Å². The van der Waals surface area contributed by atoms with Gasteiger partial charge in [0.15, 0.2) is 0 Å². The zero-order chi connectivity index (χ0) is 9.40. The molecule has 0 aliphatic carbocycles. The van der Waals surface area contributed by atoms with Gasteiger partial charge in [-0.05, 0) is 25.8 Å². The summed E-state index contributed by atoms with van der Waals surface area (Å²) in [5, 5.41) is 11.8. The third-order valence-electron chi connectivity index (χ3n) is 1.57. The summed E-state index contributed by atoms with van der Waals surface area (Å²) in [6, 6.07) is 0. The van der Waals surface area contributed by atoms with E-state index >= 15 is 0 Å². The predicted octanol–water partition coefficient (Wildman–Crippen LogP) is 0.840. The fourth-order valence-corrected chi connectivity index (χ4v) is 0.776. The molecular weight excluding hydrogens is 154 g/mol. The van der Waals surface area contributed by atoms with Crippen molar-refractivity contribution in [3.05, 3.63) is 12.2 Å². The van der Waals surface area contributed by atoms with Gasteiger partial charge >= 0.3 is 0 Å². The number of aliphatic hydroxyl groups is 1. The highest BCUT2D eigenvalue weighted by Crippen LogP contribution is 1.93. The minimum absolute atomic E-state index is 0.0965. The van der Waals surface area contributed by atoms with Gasteiger partial charge in [0, 0.05) is 6.54 Å². The fourth-order valence-electron chi connectivity index (χ4n) is 0.776. The van der Waals surface area contributed by atoms with Crippen molar-refractivity contribution in [3.63, 3.8) is 0 Å². The van der Waals surface area contributed by atoms with Crippen LogP contribution in [0.2, 0.25) is 0 Å². The van der Waals surface area contributed by atoms with Crippen LogP contribution >= 0.6 is 0 Å². The maximum Gasteiger partial charge on any atom is 0.243 e. The molecule has 0 spiro atoms. The van der Waals surface area contributed by atoms with Crippen molar-refractivity contribution in [1.82, 2.24) is 5.32 Å². The highest BCUT2D eigenvalue weighted by atomic mass is 16.3. The van der Waals surface area contributed by atoms with Gasteiger partial charge in [-0.1, -0.05) is 13.0 Å². The lowest BCUT2D eigenvalue weighted by molar-refractivity contribution is -0.116. The molecule has 0 radical (unpaired) electrons. The van der Waals surface area contributed by atoms with E-state index in [-0.39, 0.29) is 12.0 Å². The molecule has 0 saturated heterocycles. The molecule has 0 fully saturated rings. The Morgan fingerprint density at radius 1 is 1.67 bits per heavy atom. The minimum atomic E-state index is -0.295. The van der Waals surface area contributed by atoms with Crippen molar-refractivity contribution in [2.24, 2.45) is 0 Å². The highest BCUT2D eigenvalue weighted by Gasteiger charge is 2.00. The van der Waals surface area contributed by atoms with Gasteiger partial charge in [-0.3, -0.25) is 4.79 Å². The van der Waals surface area contributed by atoms with E-state index in [1.165, 1.54) is 6.08 Å². The maximum absolute atomic E-state index is 10.8. The molecule has 0 bridgehead atoms. The van der Waals surface area contributed by atoms with E-state index in [4.69, 9.17) is 5.11 Å². The van der Waals surface area contributed by atoms with Gasteiger partial charge in [-0.2, -0.15) is 0 Å². The average Bonchev–Trinajstić information content (AvgIpc) is 2.04. The van der Waals surface area contributed by atoms with Crippen LogP contribution in [0.15, 0.2) is 12.2 Å². The van der Waals surface area contributed by atoms with Crippen LogP contribution in [0.3, 0.4) is 0 Å². The first kappa shape index (κ1) is 11.2. The van der Waals surface area contributed by atoms with Gasteiger partial charge in [0.25, 0.3) is 0 Å². The number of amides is 1. The molecule has 0 aromatic carbocycles. The van der Waals surface area contributed by atoms with Crippen molar-refractivity contribution in [2.45, 2.75) is 32.8 Å². The molecule has 1 unspecified atom stereocenters. The van der Waals surface area contributed by atoms with Crippen LogP contribution in [0.25, 0.3) is 0 Å². The number of carbonyl (C=O) groups is 1. The monoisotopic (exact) mass is 171 g/mol. The molecule has 0 aromatic rings. The second-order valence-corrected chi connectivity index (χ2v) is 2.64. The molecular formula is C9H17NO2. The Morgan fingerprint density at radius 3 is 2.83 bits per heavy atom. The number of hydrogen-bond donors (Lipinski definition) is 2. The van der Waals surface area contributed by atoms with Gasteiger partial charge in [0.1, 0.15) is 0 Å². The Morgan fingerprint density at radius 2 is 2.33 bits per heavy atom. The number of hydrogen-bond acceptors (Lipinski definition) is 2. The lowest BCUT2D eigenvalue weighted by atomic mass is 10.2. The zero-order valence-electron chi connectivity index (χ0n) is 7.71. The third-order valence-corrected chi connectivity index (χ3v) is 1.57. The van der Waals surface area contributed by atoms with E-state index in [0.29, 0.717) is 13.0 Å². The number of allylic oxidation sites excluding steroid dienone is 1. The van der Waals surface area contributed by atoms with E-state index < -0.39 is 0 Å². The first-order valence-electron chi connectivity index (χ1n) is 4.29. The Balaban J connectivity index is 3.37. The largest absolute Gasteiger partial charge is 0.393 e. The highest BCUT2D eigenvalue weighted by molar-refractivity contribution is 5.87. The van der Waals surface area contributed by atoms with Crippen LogP contribution in [0.1, 0.15) is 26.7 Å². The number of carbonyl (C=O) groups excluding carboxylic acids is 1. The zero-order valence-corrected chi connectivity index (χ0v) is 7.71. The second-order valence-electron chi connectivity index (χ2n) is 2.64. The molecule has 3 nitrogen and oxygen atoms in total. The van der Waals surface area contributed by atoms with Gasteiger partial charge < -0.3 is 10.4 Å². The first-order valence-corrected chi connectivity index (χ1v) is 4.29. The molecule has 0 saturated carbocycles. The summed E-state index contributed by atoms with van der Waals surface area (Å²) in [5.41, 5.74) is 0. The van der Waals surface area contributed by atoms with Crippen LogP contribution in [-0.4, -0.2) is 23.7 Å². The summed E-state index contributed by atoms with van der Waals surface area (Å²) >= 11 is 0. The SMILES string of the molecule is C/C=C/C(=O)NCCC(O)CC. The van der Waals surface area contributed by atoms with Crippen molar-refractivity contribution < 1.29 is 9.90 Å². The molecule has 2 N–H and O–H groups in total. The molecule has 0 rings (SSSR count). The molecule has 0 aromatic heterocycles. The predicted molar refractivity (Wildman–Crippen MR) is 48.7 cm³/mol. The summed E-state index contributed by atoms with van der Waals surface area (Å²) in [7, 11) is 0. The smallest absolute Gasteiger partial charge is 0.243 e. The number of rotatable bonds is 5. The lowest BCUT2D eigenvalue weighted by Gasteiger charge is -2.06. The van der Waals surface area contributed by atoms with Crippen LogP contribution in [-0.2, 0) is 4.79 Å². The third kappa shape index (κ3) is 5.92. The van der Waals surface area contributed by atoms with Crippen molar-refractivity contribution >= 4 is 5.91 Å². The quantitative estimate of drug-likeness (QED) is 0.602. The Hall–Kier alpha value is -0.830. The van der Waals surface area contributed by atoms with Gasteiger partial charge in [0.2, 0.25) is 5.91 Å². The van der Waals surface area contributed by atoms with E-state index in [1.807, 2.05) is 6.92 Å². The van der Waals surface area contributed by atoms with Gasteiger partial charge in [-0.15, -0.1) is 0 Å². The molecule has 70 valence electrons. The Labute approximate surface area is 73.5 Å². The van der Waals surface area contributed by atoms with Crippen LogP contribution in [0, 0.1) is 0 Å². The molecule has 1 amide bonds. The summed E-state index contributed by atoms with van der Waals surface area (Å²) in [6.07, 6.45) is 4.22. The Bertz CT molecular complexity index is 155. The van der Waals surface area contributed by atoms with E-state index in [9.17, 15) is 4.79 Å². The molecule has 0 aliphatic rings. The van der Waals surface area contributed by atoms with Crippen LogP contribution < -0.4 is 5.32 Å². The maximum atomic E-state index is 10.8. The average molecular weight is 171 g/mol. The van der Waals surface area contributed by atoms with E-state index in [0.717, 1.165) is 6.42 Å². The van der Waals surface area contributed by atoms with Crippen molar-refractivity contribution in [1.29, 1.82) is 0 Å². The second kappa shape index (κ2) is 6.85. The van der Waals surface area contributed by atoms with Crippen molar-refractivity contribution in [2.75, 3.05) is 6.54 Å². The molecule has 12 heavy (non-hydrogen) atoms. The molecule has 0 heterocycles. The summed E-state index contributed by atoms with van der Waals surface area (Å²) in [6.45, 7) is 4.25. The fraction of sp³-hybridized carbons (Fsp3) is 0.667. The molecule has 3 heteroatoms. The first-order chi connectivity index (χ1) is 5.70. The van der Waals surface area contributed by atoms with Gasteiger partial charge in [-0.25, -0.2) is 0 Å². The van der Waals surface area contributed by atoms with Gasteiger partial charge in [0.05, 0.1) is 6.10 Å². The molecule has 0 aliphatic heterocycles. The lowest BCUT2D eigenvalue weighted by Crippen LogP contribution is -2.25. The van der Waals surface area contributed by atoms with Crippen LogP contribution in [0.4, 0.5) is 0 Å². The standard InChI is InChI=1S/C9H17NO2/c1-3-5-9(12)10-7-6-8(11)4-2/h3,5,8,11H,4,6-7H2,1-2H3,(H,10,12)/b5-3+. The summed E-state index contributed by atoms with van der Waals surface area (Å²) in [5.74, 6) is -0.0965. The summed E-state index contributed by atoms with van der Waals surface area (Å²) in [4.78, 5) is 10.8.